The standard InChI is InChI=1S/C49H76O7P.HI/c1-5-6-7-8-9-10-11-12-13-14-15-25-32-48-47(55-41-52-4)35-36-49(56-48)46(54-40-51-3)34-33-42(53-39-50-2)37-38-57(43-26-19-16-20-27-43,44-28-21-17-22-29-44)45-30-23-18-24-31-45;/h16-24,26-31,42,46-49H,5-15,25,32-41H2,1-4H3;1H/q+1;/p-1/t42-,46+,47+,48+,49+;/m0./s1. The summed E-state index contributed by atoms with van der Waals surface area (Å²) >= 11 is 0. The van der Waals surface area contributed by atoms with Gasteiger partial charge in [-0.25, -0.2) is 0 Å². The second-order valence-corrected chi connectivity index (χ2v) is 19.4. The molecule has 0 bridgehead atoms. The van der Waals surface area contributed by atoms with Gasteiger partial charge in [-0.2, -0.15) is 0 Å². The van der Waals surface area contributed by atoms with Crippen LogP contribution in [0.2, 0.25) is 0 Å². The lowest BCUT2D eigenvalue weighted by atomic mass is 9.92. The van der Waals surface area contributed by atoms with Gasteiger partial charge in [0.15, 0.2) is 0 Å². The number of methoxy groups -OCH3 is 3. The second kappa shape index (κ2) is 31.4. The number of hydrogen-bond donors (Lipinski definition) is 0. The molecule has 9 heteroatoms. The lowest BCUT2D eigenvalue weighted by Gasteiger charge is -2.39. The monoisotopic (exact) mass is 934 g/mol. The van der Waals surface area contributed by atoms with E-state index in [1.807, 2.05) is 0 Å². The van der Waals surface area contributed by atoms with Gasteiger partial charge in [-0.15, -0.1) is 0 Å². The first-order chi connectivity index (χ1) is 28.2. The van der Waals surface area contributed by atoms with Crippen molar-refractivity contribution in [2.75, 3.05) is 47.9 Å². The summed E-state index contributed by atoms with van der Waals surface area (Å²) in [7, 11) is 3.07. The van der Waals surface area contributed by atoms with Crippen LogP contribution in [-0.4, -0.2) is 78.4 Å². The van der Waals surface area contributed by atoms with Crippen LogP contribution in [0.1, 0.15) is 122 Å². The van der Waals surface area contributed by atoms with E-state index >= 15 is 0 Å². The van der Waals surface area contributed by atoms with Crippen molar-refractivity contribution in [3.8, 4) is 0 Å². The van der Waals surface area contributed by atoms with E-state index in [1.54, 1.807) is 21.3 Å². The molecule has 3 aromatic carbocycles. The lowest BCUT2D eigenvalue weighted by molar-refractivity contribution is -0.210. The summed E-state index contributed by atoms with van der Waals surface area (Å²) in [5, 5.41) is 4.15. The van der Waals surface area contributed by atoms with Crippen LogP contribution in [0.4, 0.5) is 0 Å². The van der Waals surface area contributed by atoms with Gasteiger partial charge in [0.25, 0.3) is 0 Å². The summed E-state index contributed by atoms with van der Waals surface area (Å²) in [6.45, 7) is 3.05. The van der Waals surface area contributed by atoms with Crippen molar-refractivity contribution < 1.29 is 57.1 Å². The molecule has 0 N–H and O–H groups in total. The summed E-state index contributed by atoms with van der Waals surface area (Å²) in [5.74, 6) is 0. The van der Waals surface area contributed by atoms with Crippen molar-refractivity contribution in [1.82, 2.24) is 0 Å². The van der Waals surface area contributed by atoms with Crippen LogP contribution in [0.3, 0.4) is 0 Å². The number of hydrogen-bond acceptors (Lipinski definition) is 7. The molecule has 1 saturated heterocycles. The Morgan fingerprint density at radius 1 is 0.569 bits per heavy atom. The van der Waals surface area contributed by atoms with Crippen LogP contribution in [0.25, 0.3) is 0 Å². The molecule has 0 unspecified atom stereocenters. The van der Waals surface area contributed by atoms with Crippen LogP contribution < -0.4 is 39.9 Å². The van der Waals surface area contributed by atoms with E-state index in [0.717, 1.165) is 51.1 Å². The van der Waals surface area contributed by atoms with Crippen LogP contribution in [0, 0.1) is 0 Å². The van der Waals surface area contributed by atoms with Gasteiger partial charge in [0, 0.05) is 27.8 Å². The van der Waals surface area contributed by atoms with Crippen molar-refractivity contribution in [3.63, 3.8) is 0 Å². The van der Waals surface area contributed by atoms with Crippen molar-refractivity contribution in [2.45, 2.75) is 153 Å². The fraction of sp³-hybridized carbons (Fsp3) is 0.633. The molecule has 326 valence electrons. The van der Waals surface area contributed by atoms with Crippen LogP contribution in [0.5, 0.6) is 0 Å². The van der Waals surface area contributed by atoms with Gasteiger partial charge in [-0.1, -0.05) is 139 Å². The Balaban J connectivity index is 0.00000900. The number of halogens is 1. The molecule has 1 fully saturated rings. The fourth-order valence-electron chi connectivity index (χ4n) is 8.53. The van der Waals surface area contributed by atoms with Crippen molar-refractivity contribution >= 4 is 23.2 Å². The molecule has 1 aliphatic rings. The number of rotatable bonds is 32. The molecule has 0 aromatic heterocycles. The van der Waals surface area contributed by atoms with E-state index in [2.05, 4.69) is 97.9 Å². The summed E-state index contributed by atoms with van der Waals surface area (Å²) < 4.78 is 42.3. The van der Waals surface area contributed by atoms with Gasteiger partial charge < -0.3 is 57.1 Å². The average Bonchev–Trinajstić information content (AvgIpc) is 3.26. The van der Waals surface area contributed by atoms with Crippen LogP contribution in [-0.2, 0) is 33.2 Å². The Morgan fingerprint density at radius 3 is 1.55 bits per heavy atom. The molecule has 4 rings (SSSR count). The van der Waals surface area contributed by atoms with Crippen LogP contribution >= 0.6 is 7.26 Å². The third-order valence-corrected chi connectivity index (χ3v) is 16.1. The van der Waals surface area contributed by atoms with Crippen LogP contribution in [0.15, 0.2) is 91.0 Å². The zero-order valence-electron chi connectivity index (χ0n) is 36.3. The highest BCUT2D eigenvalue weighted by Crippen LogP contribution is 2.56. The van der Waals surface area contributed by atoms with E-state index in [0.29, 0.717) is 0 Å². The minimum atomic E-state index is -2.00. The molecular formula is C49H76IO7P. The molecule has 1 aliphatic heterocycles. The largest absolute Gasteiger partial charge is 1.00 e. The van der Waals surface area contributed by atoms with Gasteiger partial charge in [0.2, 0.25) is 0 Å². The molecule has 0 saturated carbocycles. The predicted octanol–water partition coefficient (Wildman–Crippen LogP) is 7.76. The Kier molecular flexibility index (Phi) is 27.5. The predicted molar refractivity (Wildman–Crippen MR) is 238 cm³/mol. The van der Waals surface area contributed by atoms with E-state index in [9.17, 15) is 0 Å². The molecular weight excluding hydrogens is 858 g/mol. The first-order valence-corrected chi connectivity index (χ1v) is 24.2. The fourth-order valence-corrected chi connectivity index (χ4v) is 12.9. The third-order valence-electron chi connectivity index (χ3n) is 11.6. The number of unbranched alkanes of at least 4 members (excludes halogenated alkanes) is 11. The maximum Gasteiger partial charge on any atom is 0.146 e. The van der Waals surface area contributed by atoms with Gasteiger partial charge in [-0.05, 0) is 68.5 Å². The Bertz CT molecular complexity index is 1290. The smallest absolute Gasteiger partial charge is 0.146 e. The van der Waals surface area contributed by atoms with Gasteiger partial charge >= 0.3 is 0 Å². The molecule has 0 radical (unpaired) electrons. The zero-order valence-corrected chi connectivity index (χ0v) is 39.3. The Morgan fingerprint density at radius 2 is 1.05 bits per heavy atom. The summed E-state index contributed by atoms with van der Waals surface area (Å²) in [6.07, 6.45) is 22.2. The van der Waals surface area contributed by atoms with Gasteiger partial charge in [0.05, 0.1) is 36.7 Å². The second-order valence-electron chi connectivity index (χ2n) is 15.8. The number of ether oxygens (including phenoxy) is 7. The maximum atomic E-state index is 6.94. The van der Waals surface area contributed by atoms with Crippen molar-refractivity contribution in [2.24, 2.45) is 0 Å². The minimum absolute atomic E-state index is 0. The first kappa shape index (κ1) is 50.9. The Labute approximate surface area is 370 Å². The summed E-state index contributed by atoms with van der Waals surface area (Å²) in [6, 6.07) is 33.2. The van der Waals surface area contributed by atoms with Crippen molar-refractivity contribution in [3.05, 3.63) is 91.0 Å². The van der Waals surface area contributed by atoms with E-state index in [1.165, 1.54) is 86.5 Å². The summed E-state index contributed by atoms with van der Waals surface area (Å²) in [5.41, 5.74) is 0. The lowest BCUT2D eigenvalue weighted by Crippen LogP contribution is -3.00. The number of benzene rings is 3. The molecule has 7 nitrogen and oxygen atoms in total. The Hall–Kier alpha value is -1.46. The zero-order chi connectivity index (χ0) is 40.2. The maximum absolute atomic E-state index is 6.94. The van der Waals surface area contributed by atoms with Gasteiger partial charge in [-0.3, -0.25) is 0 Å². The molecule has 3 aromatic rings. The molecule has 58 heavy (non-hydrogen) atoms. The molecule has 5 atom stereocenters. The molecule has 1 heterocycles. The molecule has 0 aliphatic carbocycles. The van der Waals surface area contributed by atoms with Gasteiger partial charge in [0.1, 0.15) is 43.6 Å². The van der Waals surface area contributed by atoms with E-state index < -0.39 is 7.26 Å². The van der Waals surface area contributed by atoms with E-state index in [4.69, 9.17) is 33.2 Å². The highest BCUT2D eigenvalue weighted by molar-refractivity contribution is 7.95. The molecule has 0 spiro atoms. The quantitative estimate of drug-likeness (QED) is 0.0275. The highest BCUT2D eigenvalue weighted by atomic mass is 127. The minimum Gasteiger partial charge on any atom is -1.00 e. The topological polar surface area (TPSA) is 64.6 Å². The highest BCUT2D eigenvalue weighted by Gasteiger charge is 2.45. The normalized spacial score (nSPS) is 18.1. The average molecular weight is 935 g/mol. The molecule has 0 amide bonds. The third kappa shape index (κ3) is 17.5. The SMILES string of the molecule is CCCCCCCCCCCCCC[C@H]1O[C@@H]([C@@H](CC[C@@H](CC[P+](c2ccccc2)(c2ccccc2)c2ccccc2)OCOC)OCOC)CC[C@H]1OCOC.[I-]. The first-order valence-electron chi connectivity index (χ1n) is 22.2. The van der Waals surface area contributed by atoms with E-state index in [-0.39, 0.29) is 74.9 Å². The van der Waals surface area contributed by atoms with Crippen molar-refractivity contribution in [1.29, 1.82) is 0 Å². The summed E-state index contributed by atoms with van der Waals surface area (Å²) in [4.78, 5) is 0.